The molecule has 0 heterocycles. The Hall–Kier alpha value is -2.06. The second kappa shape index (κ2) is 8.35. The topological polar surface area (TPSA) is 12.5 Å². The maximum absolute atomic E-state index is 5.46. The highest BCUT2D eigenvalue weighted by molar-refractivity contribution is 5.53. The summed E-state index contributed by atoms with van der Waals surface area (Å²) < 4.78 is 5.46. The van der Waals surface area contributed by atoms with Crippen molar-refractivity contribution >= 4 is 6.08 Å². The first-order valence-electron chi connectivity index (χ1n) is 9.19. The average molecular weight is 335 g/mol. The van der Waals surface area contributed by atoms with E-state index in [1.54, 1.807) is 12.7 Å². The van der Waals surface area contributed by atoms with Gasteiger partial charge >= 0.3 is 0 Å². The van der Waals surface area contributed by atoms with Crippen LogP contribution < -0.4 is 4.74 Å². The van der Waals surface area contributed by atoms with Gasteiger partial charge in [0, 0.05) is 6.54 Å². The third kappa shape index (κ3) is 4.73. The zero-order chi connectivity index (χ0) is 17.6. The summed E-state index contributed by atoms with van der Waals surface area (Å²) >= 11 is 0. The van der Waals surface area contributed by atoms with Crippen LogP contribution in [-0.2, 0) is 0 Å². The van der Waals surface area contributed by atoms with Gasteiger partial charge in [-0.05, 0) is 68.5 Å². The highest BCUT2D eigenvalue weighted by atomic mass is 16.5. The van der Waals surface area contributed by atoms with Crippen molar-refractivity contribution in [3.05, 3.63) is 71.3 Å². The smallest absolute Gasteiger partial charge is 0.119 e. The predicted molar refractivity (Wildman–Crippen MR) is 106 cm³/mol. The molecule has 2 nitrogen and oxygen atoms in total. The Morgan fingerprint density at radius 1 is 1.08 bits per heavy atom. The van der Waals surface area contributed by atoms with E-state index >= 15 is 0 Å². The molecule has 2 heteroatoms. The summed E-state index contributed by atoms with van der Waals surface area (Å²) in [5.41, 5.74) is 4.28. The molecular formula is C23H29NO. The minimum atomic E-state index is 0.557. The van der Waals surface area contributed by atoms with E-state index in [4.69, 9.17) is 4.74 Å². The van der Waals surface area contributed by atoms with Crippen LogP contribution in [0.5, 0.6) is 5.75 Å². The van der Waals surface area contributed by atoms with Crippen LogP contribution in [0.3, 0.4) is 0 Å². The van der Waals surface area contributed by atoms with Crippen molar-refractivity contribution < 1.29 is 4.74 Å². The van der Waals surface area contributed by atoms with Crippen LogP contribution in [0.1, 0.15) is 36.3 Å². The highest BCUT2D eigenvalue weighted by Gasteiger charge is 2.29. The molecule has 2 aromatic carbocycles. The molecule has 1 fully saturated rings. The number of hydrogen-bond donors (Lipinski definition) is 0. The van der Waals surface area contributed by atoms with Gasteiger partial charge in [0.1, 0.15) is 5.75 Å². The maximum atomic E-state index is 5.46. The van der Waals surface area contributed by atoms with Gasteiger partial charge in [-0.15, -0.1) is 0 Å². The van der Waals surface area contributed by atoms with Crippen molar-refractivity contribution in [1.29, 1.82) is 0 Å². The van der Waals surface area contributed by atoms with E-state index in [-0.39, 0.29) is 0 Å². The maximum Gasteiger partial charge on any atom is 0.119 e. The van der Waals surface area contributed by atoms with Gasteiger partial charge in [-0.1, -0.05) is 54.1 Å². The molecule has 0 N–H and O–H groups in total. The van der Waals surface area contributed by atoms with Crippen LogP contribution >= 0.6 is 0 Å². The molecule has 3 rings (SSSR count). The van der Waals surface area contributed by atoms with Crippen LogP contribution in [0, 0.1) is 5.92 Å². The fourth-order valence-electron chi connectivity index (χ4n) is 3.99. The summed E-state index contributed by atoms with van der Waals surface area (Å²) in [6, 6.07) is 19.3. The molecule has 2 atom stereocenters. The Bertz CT molecular complexity index is 705. The number of allylic oxidation sites excluding steroid dienone is 1. The fraction of sp³-hybridized carbons (Fsp3) is 0.391. The second-order valence-electron chi connectivity index (χ2n) is 7.36. The molecule has 1 aliphatic rings. The molecule has 0 saturated heterocycles. The van der Waals surface area contributed by atoms with E-state index in [1.807, 2.05) is 6.07 Å². The molecule has 1 aliphatic carbocycles. The van der Waals surface area contributed by atoms with E-state index in [1.165, 1.54) is 24.0 Å². The Labute approximate surface area is 152 Å². The Balaban J connectivity index is 1.86. The van der Waals surface area contributed by atoms with Crippen LogP contribution in [0.4, 0.5) is 0 Å². The zero-order valence-corrected chi connectivity index (χ0v) is 15.6. The highest BCUT2D eigenvalue weighted by Crippen LogP contribution is 2.42. The molecule has 1 saturated carbocycles. The predicted octanol–water partition coefficient (Wildman–Crippen LogP) is 5.22. The van der Waals surface area contributed by atoms with Gasteiger partial charge in [0.15, 0.2) is 0 Å². The van der Waals surface area contributed by atoms with E-state index in [0.29, 0.717) is 11.8 Å². The van der Waals surface area contributed by atoms with Gasteiger partial charge < -0.3 is 9.64 Å². The van der Waals surface area contributed by atoms with E-state index < -0.39 is 0 Å². The summed E-state index contributed by atoms with van der Waals surface area (Å²) in [4.78, 5) is 2.32. The third-order valence-electron chi connectivity index (χ3n) is 5.18. The number of rotatable bonds is 5. The Morgan fingerprint density at radius 2 is 1.88 bits per heavy atom. The van der Waals surface area contributed by atoms with Crippen LogP contribution in [-0.4, -0.2) is 32.6 Å². The van der Waals surface area contributed by atoms with Gasteiger partial charge in [0.25, 0.3) is 0 Å². The lowest BCUT2D eigenvalue weighted by Gasteiger charge is -2.35. The standard InChI is InChI=1S/C23H29NO/c1-24(2)17-21-13-12-19(14-18-8-5-4-6-9-18)15-23(21)20-10-7-11-22(16-20)25-3/h4-11,14,16,21,23H,12-13,15,17H2,1-3H3/b19-14-/t21-,23+/m0/s1. The molecule has 0 amide bonds. The summed E-state index contributed by atoms with van der Waals surface area (Å²) in [7, 11) is 6.11. The first kappa shape index (κ1) is 17.8. The SMILES string of the molecule is COc1cccc([C@H]2C/C(=C\c3ccccc3)CC[C@H]2CN(C)C)c1. The molecule has 0 bridgehead atoms. The molecule has 0 aromatic heterocycles. The Kier molecular flexibility index (Phi) is 5.93. The first-order chi connectivity index (χ1) is 12.2. The average Bonchev–Trinajstić information content (AvgIpc) is 2.63. The lowest BCUT2D eigenvalue weighted by Crippen LogP contribution is -2.29. The van der Waals surface area contributed by atoms with Crippen molar-refractivity contribution in [1.82, 2.24) is 4.90 Å². The number of hydrogen-bond acceptors (Lipinski definition) is 2. The molecule has 0 unspecified atom stereocenters. The first-order valence-corrected chi connectivity index (χ1v) is 9.19. The van der Waals surface area contributed by atoms with Crippen LogP contribution in [0.25, 0.3) is 6.08 Å². The number of nitrogens with zero attached hydrogens (tertiary/aromatic N) is 1. The molecule has 2 aromatic rings. The largest absolute Gasteiger partial charge is 0.497 e. The molecule has 25 heavy (non-hydrogen) atoms. The van der Waals surface area contributed by atoms with Crippen molar-refractivity contribution in [3.8, 4) is 5.75 Å². The molecule has 0 aliphatic heterocycles. The minimum Gasteiger partial charge on any atom is -0.497 e. The van der Waals surface area contributed by atoms with Crippen molar-refractivity contribution in [2.45, 2.75) is 25.2 Å². The van der Waals surface area contributed by atoms with E-state index in [2.05, 4.69) is 73.6 Å². The lowest BCUT2D eigenvalue weighted by atomic mass is 9.73. The summed E-state index contributed by atoms with van der Waals surface area (Å²) in [5, 5.41) is 0. The Morgan fingerprint density at radius 3 is 2.60 bits per heavy atom. The molecule has 0 radical (unpaired) electrons. The number of ether oxygens (including phenoxy) is 1. The van der Waals surface area contributed by atoms with Crippen molar-refractivity contribution in [2.24, 2.45) is 5.92 Å². The number of benzene rings is 2. The normalized spacial score (nSPS) is 22.3. The second-order valence-corrected chi connectivity index (χ2v) is 7.36. The quantitative estimate of drug-likeness (QED) is 0.742. The van der Waals surface area contributed by atoms with Crippen LogP contribution in [0.2, 0.25) is 0 Å². The molecule has 132 valence electrons. The van der Waals surface area contributed by atoms with Crippen molar-refractivity contribution in [2.75, 3.05) is 27.7 Å². The summed E-state index contributed by atoms with van der Waals surface area (Å²) in [6.45, 7) is 1.14. The minimum absolute atomic E-state index is 0.557. The fourth-order valence-corrected chi connectivity index (χ4v) is 3.99. The van der Waals surface area contributed by atoms with E-state index in [9.17, 15) is 0 Å². The molecular weight excluding hydrogens is 306 g/mol. The van der Waals surface area contributed by atoms with Gasteiger partial charge in [0.2, 0.25) is 0 Å². The monoisotopic (exact) mass is 335 g/mol. The zero-order valence-electron chi connectivity index (χ0n) is 15.6. The third-order valence-corrected chi connectivity index (χ3v) is 5.18. The number of methoxy groups -OCH3 is 1. The van der Waals surface area contributed by atoms with Crippen molar-refractivity contribution in [3.63, 3.8) is 0 Å². The van der Waals surface area contributed by atoms with Gasteiger partial charge in [-0.25, -0.2) is 0 Å². The van der Waals surface area contributed by atoms with Gasteiger partial charge in [-0.2, -0.15) is 0 Å². The lowest BCUT2D eigenvalue weighted by molar-refractivity contribution is 0.256. The summed E-state index contributed by atoms with van der Waals surface area (Å²) in [6.07, 6.45) is 5.98. The van der Waals surface area contributed by atoms with E-state index in [0.717, 1.165) is 18.7 Å². The van der Waals surface area contributed by atoms with Crippen LogP contribution in [0.15, 0.2) is 60.2 Å². The molecule has 0 spiro atoms. The summed E-state index contributed by atoms with van der Waals surface area (Å²) in [5.74, 6) is 2.21. The van der Waals surface area contributed by atoms with Gasteiger partial charge in [-0.3, -0.25) is 0 Å². The van der Waals surface area contributed by atoms with Gasteiger partial charge in [0.05, 0.1) is 7.11 Å².